The summed E-state index contributed by atoms with van der Waals surface area (Å²) in [6.45, 7) is 6.15. The molecule has 2 unspecified atom stereocenters. The fourth-order valence-corrected chi connectivity index (χ4v) is 4.24. The minimum absolute atomic E-state index is 0.0210. The van der Waals surface area contributed by atoms with Crippen LogP contribution < -0.4 is 16.0 Å². The molecule has 2 N–H and O–H groups in total. The van der Waals surface area contributed by atoms with Gasteiger partial charge in [-0.3, -0.25) is 9.78 Å². The van der Waals surface area contributed by atoms with Gasteiger partial charge in [0.15, 0.2) is 0 Å². The Kier molecular flexibility index (Phi) is 7.50. The summed E-state index contributed by atoms with van der Waals surface area (Å²) < 4.78 is 6.08. The zero-order valence-electron chi connectivity index (χ0n) is 17.0. The Morgan fingerprint density at radius 2 is 2.00 bits per heavy atom. The summed E-state index contributed by atoms with van der Waals surface area (Å²) in [6, 6.07) is 7.88. The molecule has 0 radical (unpaired) electrons. The average Bonchev–Trinajstić information content (AvgIpc) is 2.70. The summed E-state index contributed by atoms with van der Waals surface area (Å²) in [5.74, 6) is 0.764. The lowest BCUT2D eigenvalue weighted by Gasteiger charge is -2.37. The van der Waals surface area contributed by atoms with Crippen molar-refractivity contribution in [1.82, 2.24) is 20.1 Å². The Morgan fingerprint density at radius 1 is 1.28 bits per heavy atom. The number of hydrogen-bond donors (Lipinski definition) is 2. The Labute approximate surface area is 175 Å². The molecule has 0 amide bonds. The molecule has 1 aromatic carbocycles. The number of H-pyrrole nitrogens is 2. The molecule has 2 aromatic rings. The average molecular weight is 421 g/mol. The van der Waals surface area contributed by atoms with Gasteiger partial charge in [-0.2, -0.15) is 5.10 Å². The predicted molar refractivity (Wildman–Crippen MR) is 114 cm³/mol. The molecule has 0 spiro atoms. The third kappa shape index (κ3) is 5.70. The number of nitrogens with one attached hydrogen (secondary N) is 2. The molecular formula is C21H29ClN4O3. The maximum atomic E-state index is 12.2. The summed E-state index contributed by atoms with van der Waals surface area (Å²) >= 11 is 6.20. The van der Waals surface area contributed by atoms with Crippen LogP contribution in [0.3, 0.4) is 0 Å². The van der Waals surface area contributed by atoms with Crippen LogP contribution in [-0.2, 0) is 0 Å². The van der Waals surface area contributed by atoms with E-state index in [9.17, 15) is 9.59 Å². The van der Waals surface area contributed by atoms with Gasteiger partial charge in [0.2, 0.25) is 0 Å². The fraction of sp³-hybridized carbons (Fsp3) is 0.571. The fourth-order valence-electron chi connectivity index (χ4n) is 4.06. The highest BCUT2D eigenvalue weighted by Gasteiger charge is 2.27. The number of piperidine rings is 1. The number of para-hydroxylation sites is 1. The normalized spacial score (nSPS) is 17.8. The summed E-state index contributed by atoms with van der Waals surface area (Å²) in [5, 5.41) is 7.04. The van der Waals surface area contributed by atoms with Gasteiger partial charge in [-0.15, -0.1) is 0 Å². The third-order valence-electron chi connectivity index (χ3n) is 5.62. The molecule has 1 fully saturated rings. The molecule has 0 bridgehead atoms. The van der Waals surface area contributed by atoms with E-state index < -0.39 is 5.69 Å². The van der Waals surface area contributed by atoms with E-state index >= 15 is 0 Å². The van der Waals surface area contributed by atoms with Gasteiger partial charge in [0.1, 0.15) is 17.5 Å². The van der Waals surface area contributed by atoms with Crippen molar-refractivity contribution in [3.05, 3.63) is 55.8 Å². The number of hydrogen-bond acceptors (Lipinski definition) is 5. The van der Waals surface area contributed by atoms with Crippen LogP contribution in [0.1, 0.15) is 57.6 Å². The highest BCUT2D eigenvalue weighted by molar-refractivity contribution is 6.32. The summed E-state index contributed by atoms with van der Waals surface area (Å²) in [4.78, 5) is 28.2. The minimum atomic E-state index is -0.567. The molecule has 1 aliphatic heterocycles. The Balaban J connectivity index is 1.57. The molecule has 0 aliphatic carbocycles. The van der Waals surface area contributed by atoms with Crippen molar-refractivity contribution in [2.75, 3.05) is 13.1 Å². The molecular weight excluding hydrogens is 392 g/mol. The van der Waals surface area contributed by atoms with Crippen LogP contribution in [0.2, 0.25) is 5.02 Å². The quantitative estimate of drug-likeness (QED) is 0.683. The first kappa shape index (κ1) is 21.6. The van der Waals surface area contributed by atoms with Crippen molar-refractivity contribution in [1.29, 1.82) is 0 Å². The molecule has 1 aliphatic rings. The van der Waals surface area contributed by atoms with Crippen LogP contribution in [0.15, 0.2) is 33.9 Å². The monoisotopic (exact) mass is 420 g/mol. The maximum absolute atomic E-state index is 12.2. The van der Waals surface area contributed by atoms with Crippen molar-refractivity contribution in [3.63, 3.8) is 0 Å². The Morgan fingerprint density at radius 3 is 2.66 bits per heavy atom. The van der Waals surface area contributed by atoms with Crippen LogP contribution in [0, 0.1) is 0 Å². The number of aromatic amines is 2. The van der Waals surface area contributed by atoms with Gasteiger partial charge in [0.25, 0.3) is 5.56 Å². The van der Waals surface area contributed by atoms with Crippen molar-refractivity contribution < 1.29 is 4.74 Å². The molecule has 2 atom stereocenters. The number of benzene rings is 1. The zero-order valence-corrected chi connectivity index (χ0v) is 17.7. The number of ether oxygens (including phenoxy) is 1. The smallest absolute Gasteiger partial charge is 0.342 e. The van der Waals surface area contributed by atoms with Gasteiger partial charge in [0, 0.05) is 25.0 Å². The highest BCUT2D eigenvalue weighted by atomic mass is 35.5. The van der Waals surface area contributed by atoms with Gasteiger partial charge in [-0.05, 0) is 44.7 Å². The van der Waals surface area contributed by atoms with Gasteiger partial charge >= 0.3 is 5.69 Å². The van der Waals surface area contributed by atoms with Crippen molar-refractivity contribution in [2.45, 2.75) is 64.0 Å². The molecule has 29 heavy (non-hydrogen) atoms. The second-order valence-corrected chi connectivity index (χ2v) is 8.15. The van der Waals surface area contributed by atoms with Crippen molar-refractivity contribution >= 4 is 11.6 Å². The minimum Gasteiger partial charge on any atom is -0.489 e. The zero-order chi connectivity index (χ0) is 20.8. The Bertz CT molecular complexity index is 905. The molecule has 3 rings (SSSR count). The molecule has 158 valence electrons. The number of rotatable bonds is 8. The SMILES string of the molecule is CCCC(CC(C)N1CCC(Oc2ccccc2Cl)CC1)c1n[nH]c(=O)[nH]c1=O. The lowest BCUT2D eigenvalue weighted by atomic mass is 9.91. The summed E-state index contributed by atoms with van der Waals surface area (Å²) in [7, 11) is 0. The van der Waals surface area contributed by atoms with E-state index in [4.69, 9.17) is 16.3 Å². The largest absolute Gasteiger partial charge is 0.489 e. The predicted octanol–water partition coefficient (Wildman–Crippen LogP) is 3.32. The lowest BCUT2D eigenvalue weighted by molar-refractivity contribution is 0.0749. The summed E-state index contributed by atoms with van der Waals surface area (Å²) in [5.41, 5.74) is -0.524. The topological polar surface area (TPSA) is 91.1 Å². The molecule has 1 saturated heterocycles. The van der Waals surface area contributed by atoms with Gasteiger partial charge in [-0.1, -0.05) is 37.1 Å². The van der Waals surface area contributed by atoms with E-state index in [1.165, 1.54) is 0 Å². The van der Waals surface area contributed by atoms with Crippen LogP contribution in [0.25, 0.3) is 0 Å². The second kappa shape index (κ2) is 10.1. The van der Waals surface area contributed by atoms with Crippen LogP contribution in [0.5, 0.6) is 5.75 Å². The van der Waals surface area contributed by atoms with E-state index in [0.29, 0.717) is 16.8 Å². The third-order valence-corrected chi connectivity index (χ3v) is 5.93. The first-order chi connectivity index (χ1) is 14.0. The van der Waals surface area contributed by atoms with Crippen LogP contribution >= 0.6 is 11.6 Å². The van der Waals surface area contributed by atoms with Crippen LogP contribution in [0.4, 0.5) is 0 Å². The first-order valence-electron chi connectivity index (χ1n) is 10.3. The van der Waals surface area contributed by atoms with E-state index in [0.717, 1.165) is 50.9 Å². The van der Waals surface area contributed by atoms with Gasteiger partial charge < -0.3 is 9.64 Å². The van der Waals surface area contributed by atoms with E-state index in [1.807, 2.05) is 24.3 Å². The Hall–Kier alpha value is -2.12. The molecule has 7 nitrogen and oxygen atoms in total. The van der Waals surface area contributed by atoms with Crippen molar-refractivity contribution in [3.8, 4) is 5.75 Å². The number of aromatic nitrogens is 3. The molecule has 1 aromatic heterocycles. The van der Waals surface area contributed by atoms with E-state index in [1.54, 1.807) is 0 Å². The van der Waals surface area contributed by atoms with Crippen LogP contribution in [-0.4, -0.2) is 45.3 Å². The number of halogens is 1. The standard InChI is InChI=1S/C21H29ClN4O3/c1-3-6-15(19-20(27)23-21(28)25-24-19)13-14(2)26-11-9-16(10-12-26)29-18-8-5-4-7-17(18)22/h4-5,7-8,14-16H,3,6,9-13H2,1-2H3,(H2,23,25,27,28). The van der Waals surface area contributed by atoms with Crippen molar-refractivity contribution in [2.24, 2.45) is 0 Å². The summed E-state index contributed by atoms with van der Waals surface area (Å²) in [6.07, 6.45) is 4.67. The maximum Gasteiger partial charge on any atom is 0.342 e. The van der Waals surface area contributed by atoms with Gasteiger partial charge in [0.05, 0.1) is 5.02 Å². The van der Waals surface area contributed by atoms with Gasteiger partial charge in [-0.25, -0.2) is 9.89 Å². The van der Waals surface area contributed by atoms with E-state index in [2.05, 4.69) is 33.9 Å². The number of likely N-dealkylation sites (tertiary alicyclic amines) is 1. The lowest BCUT2D eigenvalue weighted by Crippen LogP contribution is -2.43. The molecule has 0 saturated carbocycles. The molecule has 2 heterocycles. The van der Waals surface area contributed by atoms with E-state index in [-0.39, 0.29) is 17.6 Å². The molecule has 8 heteroatoms. The number of nitrogens with zero attached hydrogens (tertiary/aromatic N) is 2. The second-order valence-electron chi connectivity index (χ2n) is 7.75. The highest BCUT2D eigenvalue weighted by Crippen LogP contribution is 2.29. The first-order valence-corrected chi connectivity index (χ1v) is 10.7.